The van der Waals surface area contributed by atoms with E-state index in [1.807, 2.05) is 26.0 Å². The molecule has 0 bridgehead atoms. The number of Topliss-reactive ketones (excluding diaryl/α,β-unsaturated/α-hetero) is 1. The smallest absolute Gasteiger partial charge is 0.339 e. The number of ether oxygens (including phenoxy) is 3. The molecule has 0 atom stereocenters. The van der Waals surface area contributed by atoms with Gasteiger partial charge < -0.3 is 19.3 Å². The lowest BCUT2D eigenvalue weighted by Gasteiger charge is -2.15. The molecular weight excluding hydrogens is 360 g/mol. The van der Waals surface area contributed by atoms with Gasteiger partial charge in [0, 0.05) is 12.7 Å². The Balaban J connectivity index is 2.28. The number of rotatable bonds is 9. The predicted octanol–water partition coefficient (Wildman–Crippen LogP) is 3.78. The number of ketones is 1. The van der Waals surface area contributed by atoms with Crippen LogP contribution in [0.15, 0.2) is 42.7 Å². The van der Waals surface area contributed by atoms with E-state index in [1.54, 1.807) is 24.3 Å². The Morgan fingerprint density at radius 3 is 2.39 bits per heavy atom. The molecule has 0 spiro atoms. The first-order valence-electron chi connectivity index (χ1n) is 8.69. The summed E-state index contributed by atoms with van der Waals surface area (Å²) in [5, 5.41) is 9.44. The standard InChI is InChI=1S/C22H24O6/c1-14-10-21(15(2)9-18(14)20(23)13-27-4)28-11-16-7-5-6-8-17(16)19(12-26-3)22(24)25/h5-10,12H,11,13H2,1-4H3,(H,24,25). The summed E-state index contributed by atoms with van der Waals surface area (Å²) in [7, 11) is 2.89. The van der Waals surface area contributed by atoms with Crippen molar-refractivity contribution in [1.29, 1.82) is 0 Å². The number of carbonyl (C=O) groups is 2. The van der Waals surface area contributed by atoms with Crippen LogP contribution in [-0.4, -0.2) is 37.7 Å². The summed E-state index contributed by atoms with van der Waals surface area (Å²) in [6.07, 6.45) is 1.20. The Labute approximate surface area is 164 Å². The van der Waals surface area contributed by atoms with Gasteiger partial charge in [0.2, 0.25) is 0 Å². The van der Waals surface area contributed by atoms with E-state index in [9.17, 15) is 14.7 Å². The number of hydrogen-bond donors (Lipinski definition) is 1. The number of hydrogen-bond acceptors (Lipinski definition) is 5. The van der Waals surface area contributed by atoms with Crippen molar-refractivity contribution in [3.8, 4) is 5.75 Å². The normalized spacial score (nSPS) is 11.2. The summed E-state index contributed by atoms with van der Waals surface area (Å²) in [4.78, 5) is 23.7. The van der Waals surface area contributed by atoms with E-state index in [4.69, 9.17) is 14.2 Å². The second-order valence-electron chi connectivity index (χ2n) is 6.31. The fourth-order valence-corrected chi connectivity index (χ4v) is 2.87. The Hall–Kier alpha value is -3.12. The van der Waals surface area contributed by atoms with Crippen LogP contribution in [0.3, 0.4) is 0 Å². The predicted molar refractivity (Wildman–Crippen MR) is 106 cm³/mol. The fourth-order valence-electron chi connectivity index (χ4n) is 2.87. The molecule has 0 heterocycles. The minimum Gasteiger partial charge on any atom is -0.503 e. The number of aryl methyl sites for hydroxylation is 2. The lowest BCUT2D eigenvalue weighted by atomic mass is 10.0. The van der Waals surface area contributed by atoms with Crippen molar-refractivity contribution in [2.45, 2.75) is 20.5 Å². The third-order valence-corrected chi connectivity index (χ3v) is 4.25. The highest BCUT2D eigenvalue weighted by molar-refractivity contribution is 6.15. The van der Waals surface area contributed by atoms with Crippen LogP contribution < -0.4 is 4.74 Å². The minimum atomic E-state index is -1.08. The zero-order valence-corrected chi connectivity index (χ0v) is 16.4. The van der Waals surface area contributed by atoms with Crippen molar-refractivity contribution < 1.29 is 28.9 Å². The molecule has 0 amide bonds. The van der Waals surface area contributed by atoms with E-state index in [0.29, 0.717) is 22.4 Å². The van der Waals surface area contributed by atoms with Gasteiger partial charge in [0.25, 0.3) is 0 Å². The molecule has 6 nitrogen and oxygen atoms in total. The monoisotopic (exact) mass is 384 g/mol. The molecule has 0 fully saturated rings. The number of carboxylic acids is 1. The third kappa shape index (κ3) is 4.98. The maximum absolute atomic E-state index is 12.1. The van der Waals surface area contributed by atoms with E-state index in [2.05, 4.69) is 0 Å². The van der Waals surface area contributed by atoms with E-state index < -0.39 is 5.97 Å². The second-order valence-corrected chi connectivity index (χ2v) is 6.31. The van der Waals surface area contributed by atoms with Gasteiger partial charge in [-0.15, -0.1) is 0 Å². The lowest BCUT2D eigenvalue weighted by Crippen LogP contribution is -2.10. The van der Waals surface area contributed by atoms with Crippen molar-refractivity contribution in [3.63, 3.8) is 0 Å². The lowest BCUT2D eigenvalue weighted by molar-refractivity contribution is -0.130. The SMILES string of the molecule is COC=C(C(=O)O)c1ccccc1COc1cc(C)c(C(=O)COC)cc1C. The van der Waals surface area contributed by atoms with Crippen LogP contribution in [0, 0.1) is 13.8 Å². The molecule has 2 rings (SSSR count). The summed E-state index contributed by atoms with van der Waals surface area (Å²) in [6, 6.07) is 10.7. The first kappa shape index (κ1) is 21.2. The van der Waals surface area contributed by atoms with Crippen LogP contribution in [0.25, 0.3) is 5.57 Å². The molecule has 0 unspecified atom stereocenters. The average Bonchev–Trinajstić information content (AvgIpc) is 2.66. The average molecular weight is 384 g/mol. The molecule has 0 aromatic heterocycles. The molecule has 0 aliphatic heterocycles. The Morgan fingerprint density at radius 2 is 1.75 bits per heavy atom. The van der Waals surface area contributed by atoms with Gasteiger partial charge in [0.15, 0.2) is 5.78 Å². The summed E-state index contributed by atoms with van der Waals surface area (Å²) >= 11 is 0. The molecule has 148 valence electrons. The van der Waals surface area contributed by atoms with Crippen molar-refractivity contribution in [3.05, 3.63) is 70.5 Å². The second kappa shape index (κ2) is 9.71. The fraction of sp³-hybridized carbons (Fsp3) is 0.273. The van der Waals surface area contributed by atoms with Crippen LogP contribution in [0.5, 0.6) is 5.75 Å². The van der Waals surface area contributed by atoms with Gasteiger partial charge in [0.1, 0.15) is 24.5 Å². The molecule has 2 aromatic carbocycles. The molecule has 2 aromatic rings. The summed E-state index contributed by atoms with van der Waals surface area (Å²) in [6.45, 7) is 3.90. The highest BCUT2D eigenvalue weighted by Crippen LogP contribution is 2.26. The molecule has 1 N–H and O–H groups in total. The van der Waals surface area contributed by atoms with E-state index in [1.165, 1.54) is 20.5 Å². The van der Waals surface area contributed by atoms with E-state index >= 15 is 0 Å². The van der Waals surface area contributed by atoms with Gasteiger partial charge in [-0.1, -0.05) is 24.3 Å². The van der Waals surface area contributed by atoms with E-state index in [-0.39, 0.29) is 24.6 Å². The maximum atomic E-state index is 12.1. The van der Waals surface area contributed by atoms with Crippen LogP contribution in [0.1, 0.15) is 32.6 Å². The van der Waals surface area contributed by atoms with Gasteiger partial charge in [-0.25, -0.2) is 4.79 Å². The van der Waals surface area contributed by atoms with Crippen molar-refractivity contribution in [2.75, 3.05) is 20.8 Å². The van der Waals surface area contributed by atoms with Crippen LogP contribution in [0.2, 0.25) is 0 Å². The number of benzene rings is 2. The number of carboxylic acid groups (broad SMARTS) is 1. The van der Waals surface area contributed by atoms with Crippen molar-refractivity contribution >= 4 is 17.3 Å². The molecule has 0 aliphatic rings. The topological polar surface area (TPSA) is 82.1 Å². The van der Waals surface area contributed by atoms with Gasteiger partial charge in [-0.05, 0) is 48.2 Å². The Morgan fingerprint density at radius 1 is 1.04 bits per heavy atom. The zero-order chi connectivity index (χ0) is 20.7. The summed E-state index contributed by atoms with van der Waals surface area (Å²) in [5.74, 6) is -0.535. The summed E-state index contributed by atoms with van der Waals surface area (Å²) in [5.41, 5.74) is 3.50. The molecule has 28 heavy (non-hydrogen) atoms. The van der Waals surface area contributed by atoms with Crippen molar-refractivity contribution in [2.24, 2.45) is 0 Å². The minimum absolute atomic E-state index is 0.0255. The largest absolute Gasteiger partial charge is 0.503 e. The maximum Gasteiger partial charge on any atom is 0.339 e. The highest BCUT2D eigenvalue weighted by atomic mass is 16.5. The molecule has 0 saturated heterocycles. The number of methoxy groups -OCH3 is 2. The quantitative estimate of drug-likeness (QED) is 0.402. The van der Waals surface area contributed by atoms with Gasteiger partial charge in [0.05, 0.1) is 13.4 Å². The summed E-state index contributed by atoms with van der Waals surface area (Å²) < 4.78 is 15.8. The van der Waals surface area contributed by atoms with Gasteiger partial charge >= 0.3 is 5.97 Å². The Kier molecular flexibility index (Phi) is 7.35. The molecular formula is C22H24O6. The first-order valence-corrected chi connectivity index (χ1v) is 8.69. The number of aliphatic carboxylic acids is 1. The Bertz CT molecular complexity index is 898. The van der Waals surface area contributed by atoms with Crippen LogP contribution in [-0.2, 0) is 20.9 Å². The molecule has 0 radical (unpaired) electrons. The highest BCUT2D eigenvalue weighted by Gasteiger charge is 2.16. The van der Waals surface area contributed by atoms with Crippen LogP contribution in [0.4, 0.5) is 0 Å². The molecule has 0 saturated carbocycles. The first-order chi connectivity index (χ1) is 13.4. The van der Waals surface area contributed by atoms with Crippen LogP contribution >= 0.6 is 0 Å². The van der Waals surface area contributed by atoms with E-state index in [0.717, 1.165) is 11.1 Å². The molecule has 6 heteroatoms. The van der Waals surface area contributed by atoms with Crippen molar-refractivity contribution in [1.82, 2.24) is 0 Å². The number of carbonyl (C=O) groups excluding carboxylic acids is 1. The van der Waals surface area contributed by atoms with Gasteiger partial charge in [-0.3, -0.25) is 4.79 Å². The zero-order valence-electron chi connectivity index (χ0n) is 16.4. The van der Waals surface area contributed by atoms with Gasteiger partial charge in [-0.2, -0.15) is 0 Å². The molecule has 0 aliphatic carbocycles. The third-order valence-electron chi connectivity index (χ3n) is 4.25.